The van der Waals surface area contributed by atoms with Crippen molar-refractivity contribution in [2.45, 2.75) is 19.9 Å². The fraction of sp³-hybridized carbons (Fsp3) is 0.250. The molecule has 0 atom stereocenters. The van der Waals surface area contributed by atoms with E-state index in [1.165, 1.54) is 12.4 Å². The number of benzene rings is 1. The van der Waals surface area contributed by atoms with Crippen LogP contribution in [0, 0.1) is 5.82 Å². The van der Waals surface area contributed by atoms with E-state index in [4.69, 9.17) is 0 Å². The Morgan fingerprint density at radius 3 is 2.77 bits per heavy atom. The van der Waals surface area contributed by atoms with E-state index in [9.17, 15) is 4.39 Å². The van der Waals surface area contributed by atoms with Gasteiger partial charge in [-0.2, -0.15) is 0 Å². The number of aromatic nitrogens is 3. The molecule has 5 nitrogen and oxygen atoms in total. The molecule has 2 heterocycles. The highest BCUT2D eigenvalue weighted by molar-refractivity contribution is 5.89. The zero-order valence-corrected chi connectivity index (χ0v) is 12.8. The number of rotatable bonds is 4. The number of nitrogens with one attached hydrogen (secondary N) is 2. The second-order valence-electron chi connectivity index (χ2n) is 5.47. The molecular weight excluding hydrogens is 281 g/mol. The minimum absolute atomic E-state index is 0.123. The van der Waals surface area contributed by atoms with Crippen LogP contribution in [-0.2, 0) is 7.05 Å². The summed E-state index contributed by atoms with van der Waals surface area (Å²) in [5, 5.41) is 6.34. The van der Waals surface area contributed by atoms with Gasteiger partial charge in [0.15, 0.2) is 5.82 Å². The first kappa shape index (κ1) is 14.3. The largest absolute Gasteiger partial charge is 0.379 e. The third-order valence-corrected chi connectivity index (χ3v) is 3.36. The summed E-state index contributed by atoms with van der Waals surface area (Å²) in [6.07, 6.45) is 3.42. The molecule has 2 N–H and O–H groups in total. The first-order valence-corrected chi connectivity index (χ1v) is 7.14. The van der Waals surface area contributed by atoms with Crippen LogP contribution in [0.4, 0.5) is 21.6 Å². The molecule has 0 unspecified atom stereocenters. The van der Waals surface area contributed by atoms with Gasteiger partial charge in [0.25, 0.3) is 0 Å². The fourth-order valence-electron chi connectivity index (χ4n) is 2.40. The van der Waals surface area contributed by atoms with Crippen LogP contribution < -0.4 is 10.6 Å². The maximum Gasteiger partial charge on any atom is 0.158 e. The number of nitrogens with zero attached hydrogens (tertiary/aromatic N) is 3. The van der Waals surface area contributed by atoms with Gasteiger partial charge in [-0.25, -0.2) is 14.4 Å². The normalized spacial score (nSPS) is 11.1. The lowest BCUT2D eigenvalue weighted by molar-refractivity contribution is 0.628. The van der Waals surface area contributed by atoms with Crippen LogP contribution in [0.1, 0.15) is 13.8 Å². The maximum atomic E-state index is 14.1. The van der Waals surface area contributed by atoms with Crippen molar-refractivity contribution in [3.05, 3.63) is 42.6 Å². The molecule has 0 radical (unpaired) electrons. The second-order valence-corrected chi connectivity index (χ2v) is 5.47. The highest BCUT2D eigenvalue weighted by Crippen LogP contribution is 2.30. The van der Waals surface area contributed by atoms with Crippen molar-refractivity contribution >= 4 is 28.2 Å². The zero-order valence-electron chi connectivity index (χ0n) is 12.8. The molecule has 114 valence electrons. The standard InChI is InChI=1S/C16H18FN5/c1-10(2)20-14-11(17)5-4-6-12(14)21-16-15-13(18-9-19-16)7-8-22(15)3/h4-10,20H,1-3H3,(H,18,19,21). The molecule has 1 aromatic carbocycles. The van der Waals surface area contributed by atoms with E-state index < -0.39 is 0 Å². The van der Waals surface area contributed by atoms with Gasteiger partial charge in [0.1, 0.15) is 17.7 Å². The first-order chi connectivity index (χ1) is 10.6. The summed E-state index contributed by atoms with van der Waals surface area (Å²) in [5.41, 5.74) is 2.81. The molecule has 2 aromatic heterocycles. The number of hydrogen-bond acceptors (Lipinski definition) is 4. The number of anilines is 3. The minimum atomic E-state index is -0.295. The van der Waals surface area contributed by atoms with Crippen LogP contribution in [0.15, 0.2) is 36.8 Å². The highest BCUT2D eigenvalue weighted by Gasteiger charge is 2.13. The third-order valence-electron chi connectivity index (χ3n) is 3.36. The van der Waals surface area contributed by atoms with Crippen molar-refractivity contribution in [3.63, 3.8) is 0 Å². The van der Waals surface area contributed by atoms with E-state index in [1.54, 1.807) is 6.07 Å². The average molecular weight is 299 g/mol. The van der Waals surface area contributed by atoms with Gasteiger partial charge in [0.2, 0.25) is 0 Å². The Hall–Kier alpha value is -2.63. The molecule has 3 rings (SSSR count). The van der Waals surface area contributed by atoms with Crippen LogP contribution in [0.2, 0.25) is 0 Å². The molecule has 22 heavy (non-hydrogen) atoms. The second kappa shape index (κ2) is 5.63. The number of aryl methyl sites for hydroxylation is 1. The van der Waals surface area contributed by atoms with Crippen molar-refractivity contribution < 1.29 is 4.39 Å². The van der Waals surface area contributed by atoms with Gasteiger partial charge in [-0.1, -0.05) is 6.07 Å². The zero-order chi connectivity index (χ0) is 15.7. The van der Waals surface area contributed by atoms with Crippen molar-refractivity contribution in [2.75, 3.05) is 10.6 Å². The number of hydrogen-bond donors (Lipinski definition) is 2. The lowest BCUT2D eigenvalue weighted by Gasteiger charge is -2.17. The van der Waals surface area contributed by atoms with Gasteiger partial charge in [-0.3, -0.25) is 0 Å². The monoisotopic (exact) mass is 299 g/mol. The Kier molecular flexibility index (Phi) is 3.66. The number of para-hydroxylation sites is 1. The quantitative estimate of drug-likeness (QED) is 0.772. The van der Waals surface area contributed by atoms with E-state index in [1.807, 2.05) is 43.8 Å². The van der Waals surface area contributed by atoms with Crippen LogP contribution >= 0.6 is 0 Å². The van der Waals surface area contributed by atoms with Crippen LogP contribution in [0.3, 0.4) is 0 Å². The number of halogens is 1. The Morgan fingerprint density at radius 1 is 1.18 bits per heavy atom. The molecule has 0 aliphatic carbocycles. The lowest BCUT2D eigenvalue weighted by Crippen LogP contribution is -2.13. The Bertz CT molecular complexity index is 809. The van der Waals surface area contributed by atoms with Crippen molar-refractivity contribution in [1.29, 1.82) is 0 Å². The van der Waals surface area contributed by atoms with Gasteiger partial charge in [0.05, 0.1) is 16.9 Å². The van der Waals surface area contributed by atoms with Gasteiger partial charge < -0.3 is 15.2 Å². The predicted octanol–water partition coefficient (Wildman–Crippen LogP) is 3.67. The first-order valence-electron chi connectivity index (χ1n) is 7.14. The maximum absolute atomic E-state index is 14.1. The lowest BCUT2D eigenvalue weighted by atomic mass is 10.2. The van der Waals surface area contributed by atoms with Crippen molar-refractivity contribution in [1.82, 2.24) is 14.5 Å². The molecule has 0 fully saturated rings. The molecular formula is C16H18FN5. The molecule has 0 aliphatic rings. The number of fused-ring (bicyclic) bond motifs is 1. The van der Waals surface area contributed by atoms with Crippen molar-refractivity contribution in [2.24, 2.45) is 7.05 Å². The van der Waals surface area contributed by atoms with Crippen LogP contribution in [0.25, 0.3) is 11.0 Å². The summed E-state index contributed by atoms with van der Waals surface area (Å²) < 4.78 is 16.0. The summed E-state index contributed by atoms with van der Waals surface area (Å²) in [7, 11) is 1.93. The molecule has 3 aromatic rings. The smallest absolute Gasteiger partial charge is 0.158 e. The van der Waals surface area contributed by atoms with Crippen LogP contribution in [0.5, 0.6) is 0 Å². The van der Waals surface area contributed by atoms with Gasteiger partial charge in [-0.15, -0.1) is 0 Å². The fourth-order valence-corrected chi connectivity index (χ4v) is 2.40. The highest BCUT2D eigenvalue weighted by atomic mass is 19.1. The minimum Gasteiger partial charge on any atom is -0.379 e. The molecule has 0 bridgehead atoms. The molecule has 0 spiro atoms. The summed E-state index contributed by atoms with van der Waals surface area (Å²) >= 11 is 0. The third kappa shape index (κ3) is 2.59. The molecule has 6 heteroatoms. The van der Waals surface area contributed by atoms with E-state index in [0.29, 0.717) is 17.2 Å². The summed E-state index contributed by atoms with van der Waals surface area (Å²) in [4.78, 5) is 8.52. The molecule has 0 saturated heterocycles. The Balaban J connectivity index is 2.05. The average Bonchev–Trinajstić information content (AvgIpc) is 2.85. The van der Waals surface area contributed by atoms with Gasteiger partial charge >= 0.3 is 0 Å². The van der Waals surface area contributed by atoms with E-state index in [-0.39, 0.29) is 11.9 Å². The molecule has 0 saturated carbocycles. The SMILES string of the molecule is CC(C)Nc1c(F)cccc1Nc1ncnc2ccn(C)c12. The van der Waals surface area contributed by atoms with Gasteiger partial charge in [0, 0.05) is 19.3 Å². The van der Waals surface area contributed by atoms with E-state index >= 15 is 0 Å². The van der Waals surface area contributed by atoms with E-state index in [0.717, 1.165) is 11.0 Å². The van der Waals surface area contributed by atoms with Gasteiger partial charge in [-0.05, 0) is 32.0 Å². The van der Waals surface area contributed by atoms with Crippen LogP contribution in [-0.4, -0.2) is 20.6 Å². The summed E-state index contributed by atoms with van der Waals surface area (Å²) in [5.74, 6) is 0.353. The predicted molar refractivity (Wildman–Crippen MR) is 87.0 cm³/mol. The summed E-state index contributed by atoms with van der Waals surface area (Å²) in [6, 6.07) is 6.98. The van der Waals surface area contributed by atoms with Crippen molar-refractivity contribution in [3.8, 4) is 0 Å². The van der Waals surface area contributed by atoms with E-state index in [2.05, 4.69) is 20.6 Å². The topological polar surface area (TPSA) is 54.8 Å². The molecule has 0 amide bonds. The molecule has 0 aliphatic heterocycles. The Morgan fingerprint density at radius 2 is 2.00 bits per heavy atom. The summed E-state index contributed by atoms with van der Waals surface area (Å²) in [6.45, 7) is 3.94. The Labute approximate surface area is 128 Å².